The summed E-state index contributed by atoms with van der Waals surface area (Å²) in [6.07, 6.45) is 0. The Morgan fingerprint density at radius 3 is 0.706 bits per heavy atom. The van der Waals surface area contributed by atoms with E-state index >= 15 is 0 Å². The van der Waals surface area contributed by atoms with E-state index in [4.69, 9.17) is 25.9 Å². The second-order valence-electron chi connectivity index (χ2n) is 1.84. The van der Waals surface area contributed by atoms with Crippen LogP contribution in [0.4, 0.5) is 26.3 Å². The standard InChI is InChI=1S/2CHF3O3S.Zn/c2*2-1(3,4)8(5,6)7;/h2*(H,5,6,7);. The zero-order valence-corrected chi connectivity index (χ0v) is 11.9. The smallest absolute Gasteiger partial charge is 0.279 e. The molecule has 0 aromatic carbocycles. The Morgan fingerprint density at radius 2 is 0.706 bits per heavy atom. The van der Waals surface area contributed by atoms with Crippen molar-refractivity contribution in [1.82, 2.24) is 0 Å². The molecule has 0 aromatic rings. The van der Waals surface area contributed by atoms with Crippen LogP contribution in [0.2, 0.25) is 0 Å². The third-order valence-corrected chi connectivity index (χ3v) is 1.75. The number of hydrogen-bond acceptors (Lipinski definition) is 4. The molecular formula is C2H2F6O6S2Zn. The molecule has 0 fully saturated rings. The van der Waals surface area contributed by atoms with Crippen LogP contribution in [0, 0.1) is 0 Å². The molecule has 0 radical (unpaired) electrons. The van der Waals surface area contributed by atoms with Crippen molar-refractivity contribution in [3.8, 4) is 0 Å². The Bertz CT molecular complexity index is 374. The van der Waals surface area contributed by atoms with E-state index in [0.29, 0.717) is 0 Å². The van der Waals surface area contributed by atoms with Crippen LogP contribution in [-0.4, -0.2) is 37.0 Å². The van der Waals surface area contributed by atoms with Gasteiger partial charge in [-0.1, -0.05) is 0 Å². The third-order valence-electron chi connectivity index (χ3n) is 0.585. The molecule has 0 aliphatic heterocycles. The Hall–Kier alpha value is 0.0234. The van der Waals surface area contributed by atoms with Gasteiger partial charge in [0.2, 0.25) is 0 Å². The van der Waals surface area contributed by atoms with E-state index in [1.165, 1.54) is 0 Å². The first-order valence-corrected chi connectivity index (χ1v) is 5.45. The van der Waals surface area contributed by atoms with E-state index in [-0.39, 0.29) is 19.5 Å². The van der Waals surface area contributed by atoms with Crippen molar-refractivity contribution in [3.63, 3.8) is 0 Å². The van der Waals surface area contributed by atoms with E-state index in [2.05, 4.69) is 0 Å². The van der Waals surface area contributed by atoms with Crippen LogP contribution in [0.1, 0.15) is 0 Å². The van der Waals surface area contributed by atoms with E-state index in [9.17, 15) is 26.3 Å². The average molecular weight is 366 g/mol. The first-order chi connectivity index (χ1) is 6.50. The van der Waals surface area contributed by atoms with Crippen molar-refractivity contribution >= 4 is 20.2 Å². The quantitative estimate of drug-likeness (QED) is 0.284. The van der Waals surface area contributed by atoms with E-state index in [0.717, 1.165) is 0 Å². The molecular weight excluding hydrogens is 364 g/mol. The van der Waals surface area contributed by atoms with Gasteiger partial charge < -0.3 is 0 Å². The fraction of sp³-hybridized carbons (Fsp3) is 1.00. The van der Waals surface area contributed by atoms with Gasteiger partial charge >= 0.3 is 31.3 Å². The molecule has 15 heteroatoms. The van der Waals surface area contributed by atoms with Crippen LogP contribution < -0.4 is 0 Å². The van der Waals surface area contributed by atoms with Gasteiger partial charge in [0.15, 0.2) is 0 Å². The number of alkyl halides is 6. The summed E-state index contributed by atoms with van der Waals surface area (Å²) in [5.74, 6) is 0. The van der Waals surface area contributed by atoms with Gasteiger partial charge in [-0.3, -0.25) is 9.11 Å². The van der Waals surface area contributed by atoms with Gasteiger partial charge in [-0.05, 0) is 0 Å². The largest absolute Gasteiger partial charge is 0.522 e. The maximum absolute atomic E-state index is 10.7. The fourth-order valence-electron chi connectivity index (χ4n) is 0. The second-order valence-corrected chi connectivity index (χ2v) is 4.67. The monoisotopic (exact) mass is 364 g/mol. The van der Waals surface area contributed by atoms with Crippen LogP contribution >= 0.6 is 0 Å². The third kappa shape index (κ3) is 9.70. The molecule has 0 unspecified atom stereocenters. The van der Waals surface area contributed by atoms with Gasteiger partial charge in [0, 0.05) is 19.5 Å². The van der Waals surface area contributed by atoms with E-state index < -0.39 is 31.3 Å². The summed E-state index contributed by atoms with van der Waals surface area (Å²) >= 11 is 0. The number of hydrogen-bond donors (Lipinski definition) is 2. The Balaban J connectivity index is -0.000000218. The van der Waals surface area contributed by atoms with Gasteiger partial charge in [-0.25, -0.2) is 0 Å². The molecule has 17 heavy (non-hydrogen) atoms. The topological polar surface area (TPSA) is 109 Å². The van der Waals surface area contributed by atoms with Gasteiger partial charge in [0.05, 0.1) is 0 Å². The molecule has 0 aliphatic rings. The van der Waals surface area contributed by atoms with Gasteiger partial charge in [0.25, 0.3) is 0 Å². The van der Waals surface area contributed by atoms with Crippen LogP contribution in [0.25, 0.3) is 0 Å². The Kier molecular flexibility index (Phi) is 8.19. The summed E-state index contributed by atoms with van der Waals surface area (Å²) in [7, 11) is -11.7. The summed E-state index contributed by atoms with van der Waals surface area (Å²) < 4.78 is 115. The van der Waals surface area contributed by atoms with Crippen molar-refractivity contribution in [1.29, 1.82) is 0 Å². The van der Waals surface area contributed by atoms with Crippen molar-refractivity contribution in [2.24, 2.45) is 0 Å². The van der Waals surface area contributed by atoms with E-state index in [1.807, 2.05) is 0 Å². The van der Waals surface area contributed by atoms with Gasteiger partial charge in [-0.2, -0.15) is 43.2 Å². The normalized spacial score (nSPS) is 13.2. The first-order valence-electron chi connectivity index (χ1n) is 2.57. The molecule has 0 aromatic heterocycles. The summed E-state index contributed by atoms with van der Waals surface area (Å²) in [5.41, 5.74) is -11.1. The van der Waals surface area contributed by atoms with Gasteiger partial charge in [-0.15, -0.1) is 0 Å². The van der Waals surface area contributed by atoms with Crippen LogP contribution in [-0.2, 0) is 39.7 Å². The first kappa shape index (κ1) is 22.2. The fourth-order valence-corrected chi connectivity index (χ4v) is 0. The molecule has 0 saturated carbocycles. The minimum absolute atomic E-state index is 0. The van der Waals surface area contributed by atoms with Crippen LogP contribution in [0.15, 0.2) is 0 Å². The summed E-state index contributed by atoms with van der Waals surface area (Å²) in [6, 6.07) is 0. The Morgan fingerprint density at radius 1 is 0.647 bits per heavy atom. The van der Waals surface area contributed by atoms with E-state index in [1.54, 1.807) is 0 Å². The van der Waals surface area contributed by atoms with Gasteiger partial charge in [0.1, 0.15) is 0 Å². The molecule has 0 spiro atoms. The summed E-state index contributed by atoms with van der Waals surface area (Å²) in [6.45, 7) is 0. The van der Waals surface area contributed by atoms with Crippen LogP contribution in [0.5, 0.6) is 0 Å². The molecule has 0 saturated heterocycles. The zero-order valence-electron chi connectivity index (χ0n) is 7.32. The minimum atomic E-state index is -5.84. The minimum Gasteiger partial charge on any atom is -0.279 e. The molecule has 0 heterocycles. The van der Waals surface area contributed by atoms with Crippen LogP contribution in [0.3, 0.4) is 0 Å². The molecule has 102 valence electrons. The second kappa shape index (κ2) is 6.27. The molecule has 0 rings (SSSR count). The molecule has 0 atom stereocenters. The van der Waals surface area contributed by atoms with Crippen molar-refractivity contribution in [2.75, 3.05) is 0 Å². The van der Waals surface area contributed by atoms with Crippen molar-refractivity contribution in [3.05, 3.63) is 0 Å². The maximum atomic E-state index is 10.7. The molecule has 0 bridgehead atoms. The predicted octanol–water partition coefficient (Wildman–Crippen LogP) is 0.786. The summed E-state index contributed by atoms with van der Waals surface area (Å²) in [4.78, 5) is 0. The maximum Gasteiger partial charge on any atom is 0.522 e. The van der Waals surface area contributed by atoms with Crippen molar-refractivity contribution < 1.29 is 71.8 Å². The number of halogens is 6. The number of rotatable bonds is 0. The molecule has 6 nitrogen and oxygen atoms in total. The van der Waals surface area contributed by atoms with Crippen molar-refractivity contribution in [2.45, 2.75) is 11.0 Å². The Labute approximate surface area is 103 Å². The molecule has 2 N–H and O–H groups in total. The average Bonchev–Trinajstić information content (AvgIpc) is 1.77. The predicted molar refractivity (Wildman–Crippen MR) is 35.2 cm³/mol. The molecule has 0 aliphatic carbocycles. The SMILES string of the molecule is O=S(=O)(O)C(F)(F)F.O=S(=O)(O)C(F)(F)F.[Zn]. The summed E-state index contributed by atoms with van der Waals surface area (Å²) in [5, 5.41) is 0. The molecule has 0 amide bonds. The zero-order chi connectivity index (χ0) is 14.0.